The van der Waals surface area contributed by atoms with E-state index >= 15 is 0 Å². The van der Waals surface area contributed by atoms with Crippen molar-refractivity contribution < 1.29 is 13.9 Å². The van der Waals surface area contributed by atoms with Crippen LogP contribution in [0.1, 0.15) is 17.9 Å². The van der Waals surface area contributed by atoms with Crippen molar-refractivity contribution in [1.29, 1.82) is 0 Å². The molecule has 0 aliphatic carbocycles. The second-order valence-electron chi connectivity index (χ2n) is 5.77. The third-order valence-corrected chi connectivity index (χ3v) is 4.52. The number of aromatic nitrogens is 2. The Morgan fingerprint density at radius 2 is 2.16 bits per heavy atom. The normalized spacial score (nSPS) is 16.2. The Labute approximate surface area is 147 Å². The zero-order chi connectivity index (χ0) is 17.4. The van der Waals surface area contributed by atoms with Crippen LogP contribution in [0.5, 0.6) is 5.75 Å². The molecule has 3 aromatic rings. The van der Waals surface area contributed by atoms with E-state index in [1.54, 1.807) is 24.8 Å². The van der Waals surface area contributed by atoms with Gasteiger partial charge in [-0.25, -0.2) is 4.39 Å². The van der Waals surface area contributed by atoms with Crippen LogP contribution in [0.2, 0.25) is 5.02 Å². The largest absolute Gasteiger partial charge is 0.493 e. The summed E-state index contributed by atoms with van der Waals surface area (Å²) in [4.78, 5) is 21.1. The van der Waals surface area contributed by atoms with Crippen molar-refractivity contribution in [1.82, 2.24) is 9.97 Å². The summed E-state index contributed by atoms with van der Waals surface area (Å²) >= 11 is 5.87. The molecule has 25 heavy (non-hydrogen) atoms. The van der Waals surface area contributed by atoms with Gasteiger partial charge in [-0.15, -0.1) is 0 Å². The molecule has 0 saturated carbocycles. The molecule has 1 N–H and O–H groups in total. The second kappa shape index (κ2) is 6.29. The average molecular weight is 358 g/mol. The number of nitrogens with one attached hydrogen (secondary N) is 1. The molecule has 0 radical (unpaired) electrons. The van der Waals surface area contributed by atoms with Crippen molar-refractivity contribution in [2.75, 3.05) is 11.9 Å². The maximum absolute atomic E-state index is 13.6. The van der Waals surface area contributed by atoms with E-state index < -0.39 is 11.7 Å². The van der Waals surface area contributed by atoms with E-state index in [1.165, 1.54) is 12.1 Å². The molecule has 1 aromatic carbocycles. The van der Waals surface area contributed by atoms with Gasteiger partial charge in [0.05, 0.1) is 29.4 Å². The van der Waals surface area contributed by atoms with Crippen LogP contribution in [0.3, 0.4) is 0 Å². The number of fused-ring (bicyclic) bond motifs is 2. The molecule has 1 aliphatic heterocycles. The van der Waals surface area contributed by atoms with Crippen molar-refractivity contribution in [3.63, 3.8) is 0 Å². The molecule has 0 saturated heterocycles. The lowest BCUT2D eigenvalue weighted by Crippen LogP contribution is -2.26. The predicted octanol–water partition coefficient (Wildman–Crippen LogP) is 3.93. The van der Waals surface area contributed by atoms with Gasteiger partial charge in [-0.05, 0) is 18.6 Å². The fraction of sp³-hybridized carbons (Fsp3) is 0.167. The number of benzene rings is 1. The molecule has 0 spiro atoms. The van der Waals surface area contributed by atoms with Crippen LogP contribution < -0.4 is 10.1 Å². The number of anilines is 1. The molecule has 1 aliphatic rings. The van der Waals surface area contributed by atoms with Gasteiger partial charge in [-0.2, -0.15) is 0 Å². The highest BCUT2D eigenvalue weighted by Crippen LogP contribution is 2.37. The van der Waals surface area contributed by atoms with Crippen LogP contribution >= 0.6 is 11.6 Å². The van der Waals surface area contributed by atoms with Gasteiger partial charge < -0.3 is 10.1 Å². The Bertz CT molecular complexity index is 974. The zero-order valence-corrected chi connectivity index (χ0v) is 13.8. The molecule has 2 aromatic heterocycles. The van der Waals surface area contributed by atoms with Crippen LogP contribution in [-0.4, -0.2) is 22.5 Å². The first-order valence-corrected chi connectivity index (χ1v) is 8.11. The lowest BCUT2D eigenvalue weighted by Gasteiger charge is -2.25. The van der Waals surface area contributed by atoms with Gasteiger partial charge in [0, 0.05) is 41.0 Å². The SMILES string of the molecule is O=C(Nc1cncc2ccncc12)C1CCOc2cc(F)c(Cl)cc21. The van der Waals surface area contributed by atoms with Crippen molar-refractivity contribution >= 4 is 34.0 Å². The minimum absolute atomic E-state index is 0.0296. The molecule has 1 unspecified atom stereocenters. The fourth-order valence-electron chi connectivity index (χ4n) is 2.98. The van der Waals surface area contributed by atoms with Gasteiger partial charge in [0.2, 0.25) is 5.91 Å². The first kappa shape index (κ1) is 15.8. The molecule has 3 heterocycles. The summed E-state index contributed by atoms with van der Waals surface area (Å²) in [6, 6.07) is 4.50. The molecule has 5 nitrogen and oxygen atoms in total. The lowest BCUT2D eigenvalue weighted by molar-refractivity contribution is -0.118. The average Bonchev–Trinajstić information content (AvgIpc) is 2.62. The Hall–Kier alpha value is -2.73. The highest BCUT2D eigenvalue weighted by Gasteiger charge is 2.29. The highest BCUT2D eigenvalue weighted by molar-refractivity contribution is 6.30. The number of halogens is 2. The van der Waals surface area contributed by atoms with Crippen molar-refractivity contribution in [3.8, 4) is 5.75 Å². The first-order chi connectivity index (χ1) is 12.1. The summed E-state index contributed by atoms with van der Waals surface area (Å²) in [5.74, 6) is -0.907. The summed E-state index contributed by atoms with van der Waals surface area (Å²) in [6.45, 7) is 0.335. The Balaban J connectivity index is 1.67. The van der Waals surface area contributed by atoms with Crippen LogP contribution in [0.15, 0.2) is 43.0 Å². The summed E-state index contributed by atoms with van der Waals surface area (Å²) < 4.78 is 19.1. The predicted molar refractivity (Wildman–Crippen MR) is 92.4 cm³/mol. The van der Waals surface area contributed by atoms with E-state index in [9.17, 15) is 9.18 Å². The first-order valence-electron chi connectivity index (χ1n) is 7.74. The van der Waals surface area contributed by atoms with E-state index in [4.69, 9.17) is 16.3 Å². The molecule has 0 fully saturated rings. The fourth-order valence-corrected chi connectivity index (χ4v) is 3.15. The van der Waals surface area contributed by atoms with Crippen molar-refractivity contribution in [2.24, 2.45) is 0 Å². The number of pyridine rings is 2. The molecule has 0 bridgehead atoms. The van der Waals surface area contributed by atoms with Crippen LogP contribution in [0, 0.1) is 5.82 Å². The third kappa shape index (κ3) is 2.89. The van der Waals surface area contributed by atoms with E-state index in [-0.39, 0.29) is 10.9 Å². The summed E-state index contributed by atoms with van der Waals surface area (Å²) in [6.07, 6.45) is 7.12. The number of hydrogen-bond donors (Lipinski definition) is 1. The summed E-state index contributed by atoms with van der Waals surface area (Å²) in [5, 5.41) is 4.55. The number of ether oxygens (including phenoxy) is 1. The summed E-state index contributed by atoms with van der Waals surface area (Å²) in [5.41, 5.74) is 1.17. The van der Waals surface area contributed by atoms with Crippen LogP contribution in [-0.2, 0) is 4.79 Å². The molecule has 126 valence electrons. The number of nitrogens with zero attached hydrogens (tertiary/aromatic N) is 2. The van der Waals surface area contributed by atoms with Gasteiger partial charge in [0.25, 0.3) is 0 Å². The molecule has 4 rings (SSSR count). The molecule has 1 amide bonds. The maximum atomic E-state index is 13.6. The van der Waals surface area contributed by atoms with Gasteiger partial charge in [-0.1, -0.05) is 11.6 Å². The number of carbonyl (C=O) groups excluding carboxylic acids is 1. The number of carbonyl (C=O) groups is 1. The standard InChI is InChI=1S/C18H13ClFN3O2/c19-14-5-12-11(2-4-25-17(12)6-15(14)20)18(24)23-16-9-22-7-10-1-3-21-8-13(10)16/h1,3,5-9,11H,2,4H2,(H,23,24). The van der Waals surface area contributed by atoms with E-state index in [1.807, 2.05) is 6.07 Å². The van der Waals surface area contributed by atoms with Crippen molar-refractivity contribution in [3.05, 3.63) is 59.4 Å². The lowest BCUT2D eigenvalue weighted by atomic mass is 9.92. The molecule has 7 heteroatoms. The van der Waals surface area contributed by atoms with Gasteiger partial charge >= 0.3 is 0 Å². The highest BCUT2D eigenvalue weighted by atomic mass is 35.5. The van der Waals surface area contributed by atoms with E-state index in [2.05, 4.69) is 15.3 Å². The number of rotatable bonds is 2. The Morgan fingerprint density at radius 3 is 3.04 bits per heavy atom. The number of amides is 1. The topological polar surface area (TPSA) is 64.1 Å². The minimum atomic E-state index is -0.564. The smallest absolute Gasteiger partial charge is 0.232 e. The zero-order valence-electron chi connectivity index (χ0n) is 13.0. The van der Waals surface area contributed by atoms with E-state index in [0.717, 1.165) is 10.8 Å². The second-order valence-corrected chi connectivity index (χ2v) is 6.17. The Morgan fingerprint density at radius 1 is 1.28 bits per heavy atom. The number of hydrogen-bond acceptors (Lipinski definition) is 4. The van der Waals surface area contributed by atoms with Crippen molar-refractivity contribution in [2.45, 2.75) is 12.3 Å². The summed E-state index contributed by atoms with van der Waals surface area (Å²) in [7, 11) is 0. The van der Waals surface area contributed by atoms with Gasteiger partial charge in [0.1, 0.15) is 11.6 Å². The van der Waals surface area contributed by atoms with Crippen LogP contribution in [0.4, 0.5) is 10.1 Å². The van der Waals surface area contributed by atoms with E-state index in [0.29, 0.717) is 30.0 Å². The third-order valence-electron chi connectivity index (χ3n) is 4.23. The van der Waals surface area contributed by atoms with Gasteiger partial charge in [-0.3, -0.25) is 14.8 Å². The molecular formula is C18H13ClFN3O2. The quantitative estimate of drug-likeness (QED) is 0.754. The molecular weight excluding hydrogens is 345 g/mol. The maximum Gasteiger partial charge on any atom is 0.232 e. The minimum Gasteiger partial charge on any atom is -0.493 e. The van der Waals surface area contributed by atoms with Crippen LogP contribution in [0.25, 0.3) is 10.8 Å². The van der Waals surface area contributed by atoms with Gasteiger partial charge in [0.15, 0.2) is 0 Å². The Kier molecular flexibility index (Phi) is 3.97. The molecule has 1 atom stereocenters. The monoisotopic (exact) mass is 357 g/mol.